The molecular formula is C28H17I3N2. The molecule has 4 aromatic rings. The van der Waals surface area contributed by atoms with Crippen LogP contribution >= 0.6 is 67.8 Å². The van der Waals surface area contributed by atoms with Crippen molar-refractivity contribution < 1.29 is 0 Å². The predicted octanol–water partition coefficient (Wildman–Crippen LogP) is 8.48. The summed E-state index contributed by atoms with van der Waals surface area (Å²) in [7, 11) is 0. The van der Waals surface area contributed by atoms with Crippen LogP contribution in [-0.4, -0.2) is 0 Å². The van der Waals surface area contributed by atoms with Gasteiger partial charge in [0.1, 0.15) is 12.1 Å². The second-order valence-electron chi connectivity index (χ2n) is 7.76. The van der Waals surface area contributed by atoms with Gasteiger partial charge in [0.15, 0.2) is 0 Å². The van der Waals surface area contributed by atoms with E-state index in [4.69, 9.17) is 0 Å². The maximum absolute atomic E-state index is 9.30. The van der Waals surface area contributed by atoms with Gasteiger partial charge in [-0.1, -0.05) is 54.6 Å². The lowest BCUT2D eigenvalue weighted by atomic mass is 9.97. The summed E-state index contributed by atoms with van der Waals surface area (Å²) >= 11 is 6.70. The summed E-state index contributed by atoms with van der Waals surface area (Å²) in [5.74, 6) is 0. The van der Waals surface area contributed by atoms with Gasteiger partial charge >= 0.3 is 0 Å². The summed E-state index contributed by atoms with van der Waals surface area (Å²) in [6.07, 6.45) is 0.868. The minimum absolute atomic E-state index is 0.742. The first-order chi connectivity index (χ1) is 15.9. The molecule has 0 amide bonds. The Morgan fingerprint density at radius 2 is 0.970 bits per heavy atom. The highest BCUT2D eigenvalue weighted by atomic mass is 127. The van der Waals surface area contributed by atoms with Crippen LogP contribution in [0.3, 0.4) is 0 Å². The Bertz CT molecular complexity index is 1270. The maximum atomic E-state index is 9.30. The average Bonchev–Trinajstić information content (AvgIpc) is 2.79. The summed E-state index contributed by atoms with van der Waals surface area (Å²) in [4.78, 5) is 0. The SMILES string of the molecule is Cc1cc(-c2ccc(Cc3ccc(-c4cc(I)c(C#N)c(I)c4)cc3)cc2)cc(I)c1C#N. The average molecular weight is 762 g/mol. The molecule has 0 N–H and O–H groups in total. The van der Waals surface area contributed by atoms with Gasteiger partial charge in [0.2, 0.25) is 0 Å². The number of nitrogens with zero attached hydrogens (tertiary/aromatic N) is 2. The highest BCUT2D eigenvalue weighted by Gasteiger charge is 2.09. The van der Waals surface area contributed by atoms with Crippen molar-refractivity contribution in [3.8, 4) is 34.4 Å². The fourth-order valence-electron chi connectivity index (χ4n) is 3.76. The molecule has 0 heterocycles. The molecule has 0 fully saturated rings. The Morgan fingerprint density at radius 1 is 0.576 bits per heavy atom. The molecule has 4 rings (SSSR count). The minimum atomic E-state index is 0.742. The number of halogens is 3. The molecule has 0 aliphatic heterocycles. The molecule has 0 saturated heterocycles. The molecule has 0 aliphatic rings. The van der Waals surface area contributed by atoms with E-state index in [2.05, 4.69) is 153 Å². The number of benzene rings is 4. The van der Waals surface area contributed by atoms with Gasteiger partial charge in [-0.15, -0.1) is 0 Å². The summed E-state index contributed by atoms with van der Waals surface area (Å²) in [6, 6.07) is 30.2. The van der Waals surface area contributed by atoms with Gasteiger partial charge in [0.25, 0.3) is 0 Å². The van der Waals surface area contributed by atoms with Crippen LogP contribution < -0.4 is 0 Å². The summed E-state index contributed by atoms with van der Waals surface area (Å²) in [5, 5.41) is 18.6. The fourth-order valence-corrected chi connectivity index (χ4v) is 6.66. The Kier molecular flexibility index (Phi) is 7.72. The number of hydrogen-bond donors (Lipinski definition) is 0. The fraction of sp³-hybridized carbons (Fsp3) is 0.0714. The molecule has 2 nitrogen and oxygen atoms in total. The molecule has 0 bridgehead atoms. The van der Waals surface area contributed by atoms with E-state index in [1.165, 1.54) is 11.1 Å². The Balaban J connectivity index is 1.52. The zero-order chi connectivity index (χ0) is 23.5. The molecule has 0 spiro atoms. The van der Waals surface area contributed by atoms with E-state index >= 15 is 0 Å². The first-order valence-electron chi connectivity index (χ1n) is 10.2. The largest absolute Gasteiger partial charge is 0.192 e. The predicted molar refractivity (Wildman–Crippen MR) is 159 cm³/mol. The van der Waals surface area contributed by atoms with Gasteiger partial charge in [-0.05, 0) is 138 Å². The minimum Gasteiger partial charge on any atom is -0.192 e. The van der Waals surface area contributed by atoms with E-state index in [1.807, 2.05) is 6.92 Å². The maximum Gasteiger partial charge on any atom is 0.101 e. The van der Waals surface area contributed by atoms with Crippen LogP contribution in [0.5, 0.6) is 0 Å². The van der Waals surface area contributed by atoms with E-state index in [1.54, 1.807) is 0 Å². The lowest BCUT2D eigenvalue weighted by Gasteiger charge is -2.09. The first-order valence-corrected chi connectivity index (χ1v) is 13.4. The van der Waals surface area contributed by atoms with Gasteiger partial charge in [-0.3, -0.25) is 0 Å². The smallest absolute Gasteiger partial charge is 0.101 e. The monoisotopic (exact) mass is 762 g/mol. The Labute approximate surface area is 235 Å². The van der Waals surface area contributed by atoms with E-state index in [0.29, 0.717) is 0 Å². The lowest BCUT2D eigenvalue weighted by Crippen LogP contribution is -1.92. The van der Waals surface area contributed by atoms with Crippen LogP contribution in [0.15, 0.2) is 72.8 Å². The number of aryl methyl sites for hydroxylation is 1. The van der Waals surface area contributed by atoms with Crippen molar-refractivity contribution in [1.82, 2.24) is 0 Å². The highest BCUT2D eigenvalue weighted by molar-refractivity contribution is 14.1. The molecule has 0 unspecified atom stereocenters. The molecule has 5 heteroatoms. The zero-order valence-electron chi connectivity index (χ0n) is 17.7. The van der Waals surface area contributed by atoms with Crippen LogP contribution in [0.1, 0.15) is 27.8 Å². The third kappa shape index (κ3) is 5.42. The molecule has 4 aromatic carbocycles. The Morgan fingerprint density at radius 3 is 1.36 bits per heavy atom. The normalized spacial score (nSPS) is 10.5. The van der Waals surface area contributed by atoms with E-state index in [9.17, 15) is 10.5 Å². The van der Waals surface area contributed by atoms with Crippen LogP contribution in [0.4, 0.5) is 0 Å². The van der Waals surface area contributed by atoms with Crippen LogP contribution in [0, 0.1) is 40.3 Å². The first kappa shape index (κ1) is 24.2. The Hall–Kier alpha value is -1.95. The second kappa shape index (κ2) is 10.5. The standard InChI is InChI=1S/C28H17I3N2/c1-17-10-22(12-26(29)24(17)15-32)20-6-2-18(3-7-20)11-19-4-8-21(9-5-19)23-13-27(30)25(16-33)28(31)14-23/h2-10,12-14H,11H2,1H3. The van der Waals surface area contributed by atoms with Crippen molar-refractivity contribution in [3.63, 3.8) is 0 Å². The molecule has 160 valence electrons. The van der Waals surface area contributed by atoms with Crippen molar-refractivity contribution in [3.05, 3.63) is 111 Å². The topological polar surface area (TPSA) is 47.6 Å². The third-order valence-corrected chi connectivity index (χ3v) is 8.09. The third-order valence-electron chi connectivity index (χ3n) is 5.54. The van der Waals surface area contributed by atoms with Crippen molar-refractivity contribution in [1.29, 1.82) is 10.5 Å². The van der Waals surface area contributed by atoms with Crippen molar-refractivity contribution in [2.75, 3.05) is 0 Å². The van der Waals surface area contributed by atoms with E-state index in [0.717, 1.165) is 56.1 Å². The quantitative estimate of drug-likeness (QED) is 0.196. The van der Waals surface area contributed by atoms with Gasteiger partial charge in [0, 0.05) is 10.7 Å². The van der Waals surface area contributed by atoms with Gasteiger partial charge in [-0.2, -0.15) is 10.5 Å². The molecule has 33 heavy (non-hydrogen) atoms. The number of hydrogen-bond acceptors (Lipinski definition) is 2. The van der Waals surface area contributed by atoms with Crippen molar-refractivity contribution >= 4 is 67.8 Å². The van der Waals surface area contributed by atoms with E-state index < -0.39 is 0 Å². The zero-order valence-corrected chi connectivity index (χ0v) is 24.1. The number of nitriles is 2. The lowest BCUT2D eigenvalue weighted by molar-refractivity contribution is 1.19. The molecule has 0 aliphatic carbocycles. The van der Waals surface area contributed by atoms with Gasteiger partial charge in [-0.25, -0.2) is 0 Å². The number of rotatable bonds is 4. The van der Waals surface area contributed by atoms with Crippen LogP contribution in [0.25, 0.3) is 22.3 Å². The van der Waals surface area contributed by atoms with E-state index in [-0.39, 0.29) is 0 Å². The molecule has 0 atom stereocenters. The van der Waals surface area contributed by atoms with Gasteiger partial charge in [0.05, 0.1) is 11.1 Å². The van der Waals surface area contributed by atoms with Gasteiger partial charge < -0.3 is 0 Å². The van der Waals surface area contributed by atoms with Crippen molar-refractivity contribution in [2.45, 2.75) is 13.3 Å². The summed E-state index contributed by atoms with van der Waals surface area (Å²) < 4.78 is 2.95. The molecular weight excluding hydrogens is 745 g/mol. The second-order valence-corrected chi connectivity index (χ2v) is 11.2. The molecule has 0 saturated carbocycles. The summed E-state index contributed by atoms with van der Waals surface area (Å²) in [6.45, 7) is 1.99. The molecule has 0 aromatic heterocycles. The van der Waals surface area contributed by atoms with Crippen LogP contribution in [-0.2, 0) is 6.42 Å². The summed E-state index contributed by atoms with van der Waals surface area (Å²) in [5.41, 5.74) is 9.60. The van der Waals surface area contributed by atoms with Crippen molar-refractivity contribution in [2.24, 2.45) is 0 Å². The highest BCUT2D eigenvalue weighted by Crippen LogP contribution is 2.29. The molecule has 0 radical (unpaired) electrons. The van der Waals surface area contributed by atoms with Crippen LogP contribution in [0.2, 0.25) is 0 Å².